The van der Waals surface area contributed by atoms with Gasteiger partial charge in [-0.3, -0.25) is 4.79 Å². The number of rotatable bonds is 2. The molecule has 0 unspecified atom stereocenters. The minimum atomic E-state index is 0.00810. The van der Waals surface area contributed by atoms with Crippen LogP contribution in [0.5, 0.6) is 11.5 Å². The van der Waals surface area contributed by atoms with E-state index in [0.717, 1.165) is 12.0 Å². The molecule has 1 heterocycles. The fraction of sp³-hybridized carbons (Fsp3) is 0.278. The Labute approximate surface area is 124 Å². The number of carbonyl (C=O) groups excluding carboxylic acids is 1. The highest BCUT2D eigenvalue weighted by Gasteiger charge is 2.15. The van der Waals surface area contributed by atoms with Gasteiger partial charge in [-0.05, 0) is 49.2 Å². The van der Waals surface area contributed by atoms with Crippen LogP contribution in [0.25, 0.3) is 0 Å². The van der Waals surface area contributed by atoms with Gasteiger partial charge < -0.3 is 9.47 Å². The van der Waals surface area contributed by atoms with Gasteiger partial charge in [0.15, 0.2) is 17.3 Å². The van der Waals surface area contributed by atoms with E-state index in [2.05, 4.69) is 0 Å². The van der Waals surface area contributed by atoms with Crippen molar-refractivity contribution in [2.45, 2.75) is 20.3 Å². The van der Waals surface area contributed by atoms with E-state index in [1.807, 2.05) is 38.1 Å². The lowest BCUT2D eigenvalue weighted by atomic mass is 9.99. The molecule has 0 atom stereocenters. The van der Waals surface area contributed by atoms with Crippen molar-refractivity contribution in [2.75, 3.05) is 13.2 Å². The van der Waals surface area contributed by atoms with Crippen molar-refractivity contribution in [1.29, 1.82) is 0 Å². The van der Waals surface area contributed by atoms with E-state index in [0.29, 0.717) is 35.8 Å². The molecular formula is C18H18O3. The fourth-order valence-corrected chi connectivity index (χ4v) is 2.35. The van der Waals surface area contributed by atoms with E-state index in [4.69, 9.17) is 9.47 Å². The lowest BCUT2D eigenvalue weighted by Crippen LogP contribution is -2.03. The predicted octanol–water partition coefficient (Wildman–Crippen LogP) is 3.70. The third-order valence-corrected chi connectivity index (χ3v) is 3.78. The summed E-state index contributed by atoms with van der Waals surface area (Å²) in [5.74, 6) is 1.38. The maximum absolute atomic E-state index is 12.6. The van der Waals surface area contributed by atoms with Crippen molar-refractivity contribution < 1.29 is 14.3 Å². The van der Waals surface area contributed by atoms with Gasteiger partial charge in [-0.25, -0.2) is 0 Å². The summed E-state index contributed by atoms with van der Waals surface area (Å²) in [6.07, 6.45) is 0.856. The molecule has 3 heteroatoms. The molecule has 2 aromatic carbocycles. The van der Waals surface area contributed by atoms with Gasteiger partial charge in [-0.2, -0.15) is 0 Å². The van der Waals surface area contributed by atoms with Crippen molar-refractivity contribution >= 4 is 5.78 Å². The quantitative estimate of drug-likeness (QED) is 0.788. The molecule has 0 aliphatic carbocycles. The zero-order valence-electron chi connectivity index (χ0n) is 12.3. The van der Waals surface area contributed by atoms with E-state index in [1.54, 1.807) is 12.1 Å². The number of ketones is 1. The second kappa shape index (κ2) is 5.60. The van der Waals surface area contributed by atoms with Crippen molar-refractivity contribution in [3.63, 3.8) is 0 Å². The average molecular weight is 282 g/mol. The molecule has 0 bridgehead atoms. The topological polar surface area (TPSA) is 35.5 Å². The first kappa shape index (κ1) is 13.7. The van der Waals surface area contributed by atoms with Crippen LogP contribution in [0.4, 0.5) is 0 Å². The number of aryl methyl sites for hydroxylation is 2. The summed E-state index contributed by atoms with van der Waals surface area (Å²) >= 11 is 0. The minimum Gasteiger partial charge on any atom is -0.490 e. The Hall–Kier alpha value is -2.29. The van der Waals surface area contributed by atoms with Gasteiger partial charge in [0, 0.05) is 17.5 Å². The summed E-state index contributed by atoms with van der Waals surface area (Å²) in [6, 6.07) is 11.2. The van der Waals surface area contributed by atoms with Crippen LogP contribution in [0.3, 0.4) is 0 Å². The number of carbonyl (C=O) groups is 1. The SMILES string of the molecule is Cc1ccc(C(=O)c2ccc3c(c2)OCCCO3)cc1C. The highest BCUT2D eigenvalue weighted by atomic mass is 16.5. The Kier molecular flexibility index (Phi) is 3.65. The van der Waals surface area contributed by atoms with Gasteiger partial charge in [0.1, 0.15) is 0 Å². The van der Waals surface area contributed by atoms with E-state index < -0.39 is 0 Å². The summed E-state index contributed by atoms with van der Waals surface area (Å²) in [5.41, 5.74) is 3.63. The molecule has 0 fully saturated rings. The zero-order valence-corrected chi connectivity index (χ0v) is 12.3. The molecule has 108 valence electrons. The molecule has 3 rings (SSSR count). The van der Waals surface area contributed by atoms with Crippen molar-refractivity contribution in [3.05, 3.63) is 58.7 Å². The smallest absolute Gasteiger partial charge is 0.193 e. The predicted molar refractivity (Wildman–Crippen MR) is 81.4 cm³/mol. The van der Waals surface area contributed by atoms with Crippen LogP contribution in [0.1, 0.15) is 33.5 Å². The molecule has 0 aromatic heterocycles. The first-order valence-electron chi connectivity index (χ1n) is 7.17. The van der Waals surface area contributed by atoms with Crippen LogP contribution in [0.2, 0.25) is 0 Å². The molecule has 3 nitrogen and oxygen atoms in total. The second-order valence-electron chi connectivity index (χ2n) is 5.34. The van der Waals surface area contributed by atoms with Crippen molar-refractivity contribution in [2.24, 2.45) is 0 Å². The molecule has 0 radical (unpaired) electrons. The molecule has 0 spiro atoms. The Morgan fingerprint density at radius 3 is 2.29 bits per heavy atom. The summed E-state index contributed by atoms with van der Waals surface area (Å²) < 4.78 is 11.2. The van der Waals surface area contributed by atoms with E-state index >= 15 is 0 Å². The average Bonchev–Trinajstić information content (AvgIpc) is 2.73. The largest absolute Gasteiger partial charge is 0.490 e. The molecule has 2 aromatic rings. The Balaban J connectivity index is 1.94. The Morgan fingerprint density at radius 1 is 0.857 bits per heavy atom. The number of ether oxygens (including phenoxy) is 2. The molecule has 1 aliphatic rings. The third kappa shape index (κ3) is 2.77. The van der Waals surface area contributed by atoms with Gasteiger partial charge in [0.25, 0.3) is 0 Å². The first-order chi connectivity index (χ1) is 10.1. The van der Waals surface area contributed by atoms with Gasteiger partial charge in [0.2, 0.25) is 0 Å². The third-order valence-electron chi connectivity index (χ3n) is 3.78. The maximum atomic E-state index is 12.6. The molecule has 0 amide bonds. The van der Waals surface area contributed by atoms with Crippen molar-refractivity contribution in [1.82, 2.24) is 0 Å². The standard InChI is InChI=1S/C18H18O3/c1-12-4-5-14(10-13(12)2)18(19)15-6-7-16-17(11-15)21-9-3-8-20-16/h4-7,10-11H,3,8-9H2,1-2H3. The summed E-state index contributed by atoms with van der Waals surface area (Å²) in [4.78, 5) is 12.6. The van der Waals surface area contributed by atoms with E-state index in [1.165, 1.54) is 5.56 Å². The summed E-state index contributed by atoms with van der Waals surface area (Å²) in [5, 5.41) is 0. The monoisotopic (exact) mass is 282 g/mol. The van der Waals surface area contributed by atoms with Gasteiger partial charge in [-0.1, -0.05) is 12.1 Å². The van der Waals surface area contributed by atoms with Gasteiger partial charge >= 0.3 is 0 Å². The lowest BCUT2D eigenvalue weighted by molar-refractivity contribution is 0.103. The number of benzene rings is 2. The van der Waals surface area contributed by atoms with Crippen molar-refractivity contribution in [3.8, 4) is 11.5 Å². The van der Waals surface area contributed by atoms with Crippen LogP contribution in [-0.2, 0) is 0 Å². The normalized spacial score (nSPS) is 13.6. The highest BCUT2D eigenvalue weighted by Crippen LogP contribution is 2.31. The molecule has 0 saturated carbocycles. The van der Waals surface area contributed by atoms with Gasteiger partial charge in [0.05, 0.1) is 13.2 Å². The molecule has 21 heavy (non-hydrogen) atoms. The highest BCUT2D eigenvalue weighted by molar-refractivity contribution is 6.09. The first-order valence-corrected chi connectivity index (χ1v) is 7.17. The number of fused-ring (bicyclic) bond motifs is 1. The Morgan fingerprint density at radius 2 is 1.52 bits per heavy atom. The van der Waals surface area contributed by atoms with E-state index in [-0.39, 0.29) is 5.78 Å². The molecule has 1 aliphatic heterocycles. The van der Waals surface area contributed by atoms with Crippen LogP contribution in [0.15, 0.2) is 36.4 Å². The second-order valence-corrected chi connectivity index (χ2v) is 5.34. The number of hydrogen-bond acceptors (Lipinski definition) is 3. The fourth-order valence-electron chi connectivity index (χ4n) is 2.35. The maximum Gasteiger partial charge on any atom is 0.193 e. The number of hydrogen-bond donors (Lipinski definition) is 0. The van der Waals surface area contributed by atoms with Gasteiger partial charge in [-0.15, -0.1) is 0 Å². The van der Waals surface area contributed by atoms with Crippen LogP contribution < -0.4 is 9.47 Å². The van der Waals surface area contributed by atoms with Crippen LogP contribution in [0, 0.1) is 13.8 Å². The zero-order chi connectivity index (χ0) is 14.8. The molecular weight excluding hydrogens is 264 g/mol. The molecule has 0 N–H and O–H groups in total. The summed E-state index contributed by atoms with van der Waals surface area (Å²) in [7, 11) is 0. The lowest BCUT2D eigenvalue weighted by Gasteiger charge is -2.09. The van der Waals surface area contributed by atoms with Crippen LogP contribution >= 0.6 is 0 Å². The van der Waals surface area contributed by atoms with E-state index in [9.17, 15) is 4.79 Å². The Bertz CT molecular complexity index is 689. The minimum absolute atomic E-state index is 0.00810. The van der Waals surface area contributed by atoms with Crippen LogP contribution in [-0.4, -0.2) is 19.0 Å². The molecule has 0 saturated heterocycles. The summed E-state index contributed by atoms with van der Waals surface area (Å²) in [6.45, 7) is 5.32.